The van der Waals surface area contributed by atoms with Crippen LogP contribution < -0.4 is 10.2 Å². The Hall–Kier alpha value is -2.69. The van der Waals surface area contributed by atoms with Crippen molar-refractivity contribution in [2.45, 2.75) is 33.6 Å². The number of hydrogen-bond acceptors (Lipinski definition) is 2. The Balaban J connectivity index is 2.15. The van der Waals surface area contributed by atoms with Gasteiger partial charge in [-0.25, -0.2) is 4.39 Å². The summed E-state index contributed by atoms with van der Waals surface area (Å²) in [7, 11) is 0. The molecule has 0 atom stereocenters. The highest BCUT2D eigenvalue weighted by Gasteiger charge is 2.19. The van der Waals surface area contributed by atoms with Gasteiger partial charge in [-0.2, -0.15) is 0 Å². The number of hydrogen-bond donors (Lipinski definition) is 1. The highest BCUT2D eigenvalue weighted by molar-refractivity contribution is 5.95. The zero-order valence-corrected chi connectivity index (χ0v) is 15.7. The van der Waals surface area contributed by atoms with Crippen molar-refractivity contribution in [3.63, 3.8) is 0 Å². The van der Waals surface area contributed by atoms with E-state index in [4.69, 9.17) is 0 Å². The molecule has 0 unspecified atom stereocenters. The highest BCUT2D eigenvalue weighted by atomic mass is 19.1. The molecule has 0 radical (unpaired) electrons. The van der Waals surface area contributed by atoms with E-state index in [1.165, 1.54) is 25.1 Å². The van der Waals surface area contributed by atoms with E-state index in [0.717, 1.165) is 16.8 Å². The number of carbonyl (C=O) groups excluding carboxylic acids is 2. The van der Waals surface area contributed by atoms with Gasteiger partial charge in [0.2, 0.25) is 5.91 Å². The van der Waals surface area contributed by atoms with E-state index in [1.54, 1.807) is 11.0 Å². The normalized spacial score (nSPS) is 10.7. The average molecular weight is 356 g/mol. The number of rotatable bonds is 6. The average Bonchev–Trinajstić information content (AvgIpc) is 2.59. The van der Waals surface area contributed by atoms with Crippen molar-refractivity contribution >= 4 is 17.5 Å². The first-order chi connectivity index (χ1) is 12.3. The van der Waals surface area contributed by atoms with E-state index in [-0.39, 0.29) is 23.9 Å². The fourth-order valence-corrected chi connectivity index (χ4v) is 2.96. The standard InChI is InChI=1S/C21H25FN2O2/c1-14(2)17-10-7-8-15(3)20(17)24(16(4)25)13-12-23-21(26)18-9-5-6-11-19(18)22/h5-11,14H,12-13H2,1-4H3,(H,23,26). The molecular weight excluding hydrogens is 331 g/mol. The quantitative estimate of drug-likeness (QED) is 0.849. The minimum atomic E-state index is -0.561. The summed E-state index contributed by atoms with van der Waals surface area (Å²) >= 11 is 0. The molecule has 0 heterocycles. The minimum Gasteiger partial charge on any atom is -0.350 e. The number of amides is 2. The van der Waals surface area contributed by atoms with Gasteiger partial charge in [0.15, 0.2) is 0 Å². The summed E-state index contributed by atoms with van der Waals surface area (Å²) in [5, 5.41) is 2.69. The molecule has 0 aliphatic carbocycles. The molecule has 0 saturated carbocycles. The van der Waals surface area contributed by atoms with Crippen molar-refractivity contribution in [1.82, 2.24) is 5.32 Å². The van der Waals surface area contributed by atoms with Crippen molar-refractivity contribution in [1.29, 1.82) is 0 Å². The Kier molecular flexibility index (Phi) is 6.50. The number of aryl methyl sites for hydroxylation is 1. The van der Waals surface area contributed by atoms with E-state index >= 15 is 0 Å². The molecule has 2 aromatic rings. The van der Waals surface area contributed by atoms with Crippen LogP contribution in [0.4, 0.5) is 10.1 Å². The van der Waals surface area contributed by atoms with Crippen LogP contribution >= 0.6 is 0 Å². The number of halogens is 1. The Labute approximate surface area is 154 Å². The lowest BCUT2D eigenvalue weighted by atomic mass is 9.97. The third-order valence-electron chi connectivity index (χ3n) is 4.28. The monoisotopic (exact) mass is 356 g/mol. The van der Waals surface area contributed by atoms with Gasteiger partial charge in [0.25, 0.3) is 5.91 Å². The zero-order chi connectivity index (χ0) is 19.3. The van der Waals surface area contributed by atoms with E-state index in [9.17, 15) is 14.0 Å². The van der Waals surface area contributed by atoms with E-state index in [0.29, 0.717) is 6.54 Å². The van der Waals surface area contributed by atoms with Crippen LogP contribution in [-0.2, 0) is 4.79 Å². The number of para-hydroxylation sites is 1. The number of benzene rings is 2. The molecule has 0 aromatic heterocycles. The zero-order valence-electron chi connectivity index (χ0n) is 15.7. The molecule has 1 N–H and O–H groups in total. The van der Waals surface area contributed by atoms with E-state index < -0.39 is 11.7 Å². The molecule has 2 amide bonds. The molecule has 0 bridgehead atoms. The number of carbonyl (C=O) groups is 2. The SMILES string of the molecule is CC(=O)N(CCNC(=O)c1ccccc1F)c1c(C)cccc1C(C)C. The first-order valence-electron chi connectivity index (χ1n) is 8.73. The molecule has 138 valence electrons. The Bertz CT molecular complexity index is 802. The van der Waals surface area contributed by atoms with Crippen molar-refractivity contribution < 1.29 is 14.0 Å². The Morgan fingerprint density at radius 3 is 2.42 bits per heavy atom. The van der Waals surface area contributed by atoms with Crippen LogP contribution in [0, 0.1) is 12.7 Å². The Morgan fingerprint density at radius 2 is 1.81 bits per heavy atom. The molecule has 2 aromatic carbocycles. The van der Waals surface area contributed by atoms with E-state index in [1.807, 2.05) is 25.1 Å². The molecule has 0 fully saturated rings. The van der Waals surface area contributed by atoms with Gasteiger partial charge in [-0.1, -0.05) is 44.2 Å². The lowest BCUT2D eigenvalue weighted by molar-refractivity contribution is -0.116. The second-order valence-electron chi connectivity index (χ2n) is 6.57. The predicted octanol–water partition coefficient (Wildman–Crippen LogP) is 4.04. The van der Waals surface area contributed by atoms with Crippen LogP contribution in [0.5, 0.6) is 0 Å². The Morgan fingerprint density at radius 1 is 1.12 bits per heavy atom. The third-order valence-corrected chi connectivity index (χ3v) is 4.28. The number of anilines is 1. The predicted molar refractivity (Wildman–Crippen MR) is 102 cm³/mol. The molecule has 0 aliphatic heterocycles. The van der Waals surface area contributed by atoms with Gasteiger partial charge in [-0.05, 0) is 36.1 Å². The molecule has 5 heteroatoms. The first kappa shape index (κ1) is 19.6. The van der Waals surface area contributed by atoms with Gasteiger partial charge >= 0.3 is 0 Å². The van der Waals surface area contributed by atoms with Gasteiger partial charge in [0.1, 0.15) is 5.82 Å². The van der Waals surface area contributed by atoms with Crippen LogP contribution in [0.15, 0.2) is 42.5 Å². The maximum absolute atomic E-state index is 13.7. The van der Waals surface area contributed by atoms with Crippen LogP contribution in [0.3, 0.4) is 0 Å². The van der Waals surface area contributed by atoms with Crippen LogP contribution in [0.1, 0.15) is 48.2 Å². The van der Waals surface area contributed by atoms with Gasteiger partial charge in [0, 0.05) is 20.0 Å². The lowest BCUT2D eigenvalue weighted by Gasteiger charge is -2.27. The van der Waals surface area contributed by atoms with Crippen molar-refractivity contribution in [3.8, 4) is 0 Å². The van der Waals surface area contributed by atoms with Gasteiger partial charge in [0.05, 0.1) is 11.3 Å². The number of nitrogens with zero attached hydrogens (tertiary/aromatic N) is 1. The molecular formula is C21H25FN2O2. The lowest BCUT2D eigenvalue weighted by Crippen LogP contribution is -2.38. The van der Waals surface area contributed by atoms with Gasteiger partial charge < -0.3 is 10.2 Å². The third kappa shape index (κ3) is 4.48. The fourth-order valence-electron chi connectivity index (χ4n) is 2.96. The largest absolute Gasteiger partial charge is 0.350 e. The molecule has 26 heavy (non-hydrogen) atoms. The molecule has 0 saturated heterocycles. The minimum absolute atomic E-state index is 0.000589. The van der Waals surface area contributed by atoms with Gasteiger partial charge in [-0.3, -0.25) is 9.59 Å². The van der Waals surface area contributed by atoms with Crippen molar-refractivity contribution in [3.05, 3.63) is 65.0 Å². The second kappa shape index (κ2) is 8.61. The van der Waals surface area contributed by atoms with E-state index in [2.05, 4.69) is 19.2 Å². The second-order valence-corrected chi connectivity index (χ2v) is 6.57. The molecule has 0 spiro atoms. The fraction of sp³-hybridized carbons (Fsp3) is 0.333. The van der Waals surface area contributed by atoms with Crippen molar-refractivity contribution in [2.24, 2.45) is 0 Å². The molecule has 2 rings (SSSR count). The summed E-state index contributed by atoms with van der Waals surface area (Å²) in [6, 6.07) is 11.8. The molecule has 4 nitrogen and oxygen atoms in total. The number of nitrogens with one attached hydrogen (secondary N) is 1. The molecule has 0 aliphatic rings. The summed E-state index contributed by atoms with van der Waals surface area (Å²) in [5.41, 5.74) is 2.98. The smallest absolute Gasteiger partial charge is 0.254 e. The van der Waals surface area contributed by atoms with Crippen LogP contribution in [0.25, 0.3) is 0 Å². The van der Waals surface area contributed by atoms with Crippen molar-refractivity contribution in [2.75, 3.05) is 18.0 Å². The van der Waals surface area contributed by atoms with Gasteiger partial charge in [-0.15, -0.1) is 0 Å². The maximum Gasteiger partial charge on any atom is 0.254 e. The van der Waals surface area contributed by atoms with Crippen LogP contribution in [0.2, 0.25) is 0 Å². The summed E-state index contributed by atoms with van der Waals surface area (Å²) < 4.78 is 13.7. The summed E-state index contributed by atoms with van der Waals surface area (Å²) in [5.74, 6) is -0.879. The summed E-state index contributed by atoms with van der Waals surface area (Å²) in [4.78, 5) is 26.0. The first-order valence-corrected chi connectivity index (χ1v) is 8.73. The highest BCUT2D eigenvalue weighted by Crippen LogP contribution is 2.30. The summed E-state index contributed by atoms with van der Waals surface area (Å²) in [6.07, 6.45) is 0. The summed E-state index contributed by atoms with van der Waals surface area (Å²) in [6.45, 7) is 8.19. The maximum atomic E-state index is 13.7. The van der Waals surface area contributed by atoms with Crippen LogP contribution in [-0.4, -0.2) is 24.9 Å². The topological polar surface area (TPSA) is 49.4 Å².